The molecule has 2 aromatic heterocycles. The largest absolute Gasteiger partial charge is 2.00 e. The summed E-state index contributed by atoms with van der Waals surface area (Å²) in [5, 5.41) is 2.53. The molecule has 2 heterocycles. The van der Waals surface area contributed by atoms with Crippen molar-refractivity contribution in [2.75, 3.05) is 5.33 Å². The fraction of sp³-hybridized carbons (Fsp3) is 0.211. The Labute approximate surface area is 295 Å². The zero-order chi connectivity index (χ0) is 23.2. The van der Waals surface area contributed by atoms with E-state index in [9.17, 15) is 0 Å². The summed E-state index contributed by atoms with van der Waals surface area (Å²) in [6.45, 7) is 11.0. The molecule has 33 heavy (non-hydrogen) atoms. The SMILES string of the molecule is C=CCBr.C=CCc1cnc(Cl)c(Cl)c1.C[CH-]C.Clc1cc(Br)cnc1Cl.[Cl-].[Cl-].[Cu][I].[Li+].[Mg+2]. The van der Waals surface area contributed by atoms with Crippen molar-refractivity contribution < 1.29 is 56.4 Å². The number of allylic oxidation sites excluding steroid dienone is 2. The third-order valence-electron chi connectivity index (χ3n) is 2.10. The minimum absolute atomic E-state index is 0. The number of aromatic nitrogens is 2. The Kier molecular flexibility index (Phi) is 63.0. The first-order valence-electron chi connectivity index (χ1n) is 7.66. The maximum Gasteiger partial charge on any atom is 2.00 e. The van der Waals surface area contributed by atoms with Crippen LogP contribution in [-0.2, 0) is 19.2 Å². The smallest absolute Gasteiger partial charge is 1.00 e. The van der Waals surface area contributed by atoms with E-state index in [1.807, 2.05) is 20.3 Å². The summed E-state index contributed by atoms with van der Waals surface area (Å²) in [4.78, 5) is 7.65. The molecule has 0 aromatic carbocycles. The van der Waals surface area contributed by atoms with Gasteiger partial charge in [-0.25, -0.2) is 9.97 Å². The van der Waals surface area contributed by atoms with Gasteiger partial charge in [-0.05, 0) is 40.0 Å². The Hall–Kier alpha value is 3.09. The molecule has 184 valence electrons. The van der Waals surface area contributed by atoms with Gasteiger partial charge in [0.05, 0.1) is 10.0 Å². The molecule has 0 atom stereocenters. The Bertz CT molecular complexity index is 713. The van der Waals surface area contributed by atoms with Crippen LogP contribution in [0.25, 0.3) is 0 Å². The molecule has 0 amide bonds. The van der Waals surface area contributed by atoms with Crippen LogP contribution >= 0.6 is 98.6 Å². The molecule has 0 saturated heterocycles. The van der Waals surface area contributed by atoms with Crippen LogP contribution in [0.5, 0.6) is 0 Å². The van der Waals surface area contributed by atoms with Crippen LogP contribution < -0.4 is 43.7 Å². The summed E-state index contributed by atoms with van der Waals surface area (Å²) in [7, 11) is 0. The van der Waals surface area contributed by atoms with Crippen LogP contribution in [0.15, 0.2) is 54.3 Å². The molecule has 2 rings (SSSR count). The first-order chi connectivity index (χ1) is 13.8. The molecular weight excluding hydrogens is 850 g/mol. The third-order valence-corrected chi connectivity index (χ3v) is 4.37. The van der Waals surface area contributed by atoms with E-state index < -0.39 is 0 Å². The molecule has 0 bridgehead atoms. The Morgan fingerprint density at radius 2 is 1.33 bits per heavy atom. The summed E-state index contributed by atoms with van der Waals surface area (Å²) in [5.74, 6) is 0. The maximum absolute atomic E-state index is 5.72. The molecule has 0 spiro atoms. The number of alkyl halides is 1. The predicted octanol–water partition coefficient (Wildman–Crippen LogP) is 0.580. The van der Waals surface area contributed by atoms with Gasteiger partial charge in [-0.15, -0.1) is 13.2 Å². The number of halogens is 9. The van der Waals surface area contributed by atoms with Crippen molar-refractivity contribution in [2.24, 2.45) is 0 Å². The fourth-order valence-corrected chi connectivity index (χ4v) is 2.16. The van der Waals surface area contributed by atoms with Crippen molar-refractivity contribution in [2.45, 2.75) is 20.3 Å². The predicted molar refractivity (Wildman–Crippen MR) is 150 cm³/mol. The third kappa shape index (κ3) is 35.1. The van der Waals surface area contributed by atoms with Crippen LogP contribution in [-0.4, -0.2) is 38.4 Å². The molecule has 2 aromatic rings. The second-order valence-electron chi connectivity index (χ2n) is 4.56. The van der Waals surface area contributed by atoms with E-state index in [0.717, 1.165) is 21.8 Å². The van der Waals surface area contributed by atoms with Crippen molar-refractivity contribution >= 4 is 122 Å². The Morgan fingerprint density at radius 1 is 0.970 bits per heavy atom. The number of rotatable bonds is 3. The van der Waals surface area contributed by atoms with Crippen molar-refractivity contribution in [1.82, 2.24) is 9.97 Å². The van der Waals surface area contributed by atoms with Gasteiger partial charge >= 0.3 is 75.0 Å². The van der Waals surface area contributed by atoms with Gasteiger partial charge in [-0.2, -0.15) is 13.8 Å². The normalized spacial score (nSPS) is 7.36. The molecular formula is C19H21Br2Cl6CuILiMgN2. The molecule has 0 aliphatic heterocycles. The van der Waals surface area contributed by atoms with E-state index >= 15 is 0 Å². The molecule has 2 nitrogen and oxygen atoms in total. The first kappa shape index (κ1) is 52.5. The van der Waals surface area contributed by atoms with Gasteiger partial charge in [-0.3, -0.25) is 0 Å². The van der Waals surface area contributed by atoms with Crippen LogP contribution in [0.4, 0.5) is 0 Å². The van der Waals surface area contributed by atoms with Crippen molar-refractivity contribution in [1.29, 1.82) is 0 Å². The molecule has 0 radical (unpaired) electrons. The van der Waals surface area contributed by atoms with Crippen LogP contribution in [0, 0.1) is 6.42 Å². The minimum atomic E-state index is 0. The van der Waals surface area contributed by atoms with E-state index in [2.05, 4.69) is 67.7 Å². The second kappa shape index (κ2) is 39.6. The van der Waals surface area contributed by atoms with Gasteiger partial charge < -0.3 is 31.2 Å². The zero-order valence-electron chi connectivity index (χ0n) is 18.2. The average Bonchev–Trinajstić information content (AvgIpc) is 2.71. The molecule has 0 fully saturated rings. The van der Waals surface area contributed by atoms with Gasteiger partial charge in [0.1, 0.15) is 10.3 Å². The van der Waals surface area contributed by atoms with Crippen LogP contribution in [0.3, 0.4) is 0 Å². The van der Waals surface area contributed by atoms with Gasteiger partial charge in [0.25, 0.3) is 0 Å². The summed E-state index contributed by atoms with van der Waals surface area (Å²) >= 11 is 34.6. The Morgan fingerprint density at radius 3 is 1.61 bits per heavy atom. The number of hydrogen-bond donors (Lipinski definition) is 0. The van der Waals surface area contributed by atoms with Crippen molar-refractivity contribution in [3.63, 3.8) is 0 Å². The van der Waals surface area contributed by atoms with Gasteiger partial charge in [0.15, 0.2) is 0 Å². The van der Waals surface area contributed by atoms with Gasteiger partial charge in [0, 0.05) is 22.2 Å². The molecule has 14 heteroatoms. The summed E-state index contributed by atoms with van der Waals surface area (Å²) < 4.78 is 0.830. The second-order valence-corrected chi connectivity index (χ2v) is 7.65. The molecule has 0 aliphatic rings. The summed E-state index contributed by atoms with van der Waals surface area (Å²) in [5.41, 5.74) is 1.02. The minimum Gasteiger partial charge on any atom is 1.00 e. The van der Waals surface area contributed by atoms with Crippen LogP contribution in [0.2, 0.25) is 20.4 Å². The molecule has 0 saturated carbocycles. The molecule has 0 aliphatic carbocycles. The fourth-order valence-electron chi connectivity index (χ4n) is 1.14. The van der Waals surface area contributed by atoms with E-state index in [0.29, 0.717) is 20.4 Å². The quantitative estimate of drug-likeness (QED) is 0.113. The Balaban J connectivity index is -0.0000000560. The van der Waals surface area contributed by atoms with E-state index in [1.165, 1.54) is 0 Å². The zero-order valence-corrected chi connectivity index (χ0v) is 30.4. The molecule has 0 N–H and O–H groups in total. The average molecular weight is 872 g/mol. The van der Waals surface area contributed by atoms with Crippen molar-refractivity contribution in [3.8, 4) is 0 Å². The summed E-state index contributed by atoms with van der Waals surface area (Å²) in [6.07, 6.45) is 9.63. The van der Waals surface area contributed by atoms with E-state index in [-0.39, 0.29) is 66.7 Å². The van der Waals surface area contributed by atoms with Gasteiger partial charge in [0.2, 0.25) is 0 Å². The number of hydrogen-bond acceptors (Lipinski definition) is 2. The van der Waals surface area contributed by atoms with Crippen molar-refractivity contribution in [3.05, 3.63) is 86.6 Å². The van der Waals surface area contributed by atoms with E-state index in [1.54, 1.807) is 57.0 Å². The monoisotopic (exact) mass is 866 g/mol. The topological polar surface area (TPSA) is 25.8 Å². The maximum atomic E-state index is 5.72. The summed E-state index contributed by atoms with van der Waals surface area (Å²) in [6, 6.07) is 3.48. The number of pyridine rings is 2. The molecule has 0 unspecified atom stereocenters. The number of nitrogens with zero attached hydrogens (tertiary/aromatic N) is 2. The first-order valence-corrected chi connectivity index (χ1v) is 14.1. The standard InChI is InChI=1S/C8H7Cl2N.C5H2BrCl2N.C3H5Br.C3H7.2ClH.Cu.HI.Li.Mg/c1-2-3-6-4-7(9)8(10)11-5-6;6-3-1-4(7)5(8)9-2-3;1-2-3-4;1-3-2;;;;;;/h2,4-5H,1,3H2;1-2H;2H,1,3H2;3H,1-2H3;2*1H;;1H;;/q;;;-1;;;+1;;+1;+2/p-3. The van der Waals surface area contributed by atoms with Gasteiger partial charge in [-0.1, -0.05) is 74.5 Å². The van der Waals surface area contributed by atoms with E-state index in [4.69, 9.17) is 46.4 Å². The van der Waals surface area contributed by atoms with Crippen LogP contribution in [0.1, 0.15) is 19.4 Å².